The first-order valence-electron chi connectivity index (χ1n) is 4.94. The van der Waals surface area contributed by atoms with Crippen LogP contribution in [-0.4, -0.2) is 30.8 Å². The molecule has 0 aliphatic heterocycles. The lowest BCUT2D eigenvalue weighted by molar-refractivity contribution is -0.135. The van der Waals surface area contributed by atoms with Crippen LogP contribution in [0.3, 0.4) is 0 Å². The molecule has 3 N–H and O–H groups in total. The lowest BCUT2D eigenvalue weighted by Crippen LogP contribution is -2.33. The molecule has 2 amide bonds. The van der Waals surface area contributed by atoms with Crippen LogP contribution in [-0.2, 0) is 4.79 Å². The van der Waals surface area contributed by atoms with Gasteiger partial charge in [-0.3, -0.25) is 4.79 Å². The first kappa shape index (κ1) is 12.8. The van der Waals surface area contributed by atoms with Crippen molar-refractivity contribution in [3.05, 3.63) is 23.8 Å². The van der Waals surface area contributed by atoms with E-state index in [1.54, 1.807) is 25.3 Å². The molecule has 0 aliphatic rings. The number of methoxy groups -OCH3 is 1. The SMILES string of the molecule is COc1ccc(NC(=O)NCC(=O)O)cc1C. The van der Waals surface area contributed by atoms with Crippen LogP contribution in [0.4, 0.5) is 10.5 Å². The summed E-state index contributed by atoms with van der Waals surface area (Å²) in [4.78, 5) is 21.5. The van der Waals surface area contributed by atoms with E-state index in [0.29, 0.717) is 5.69 Å². The molecule has 6 nitrogen and oxygen atoms in total. The molecule has 1 aromatic carbocycles. The van der Waals surface area contributed by atoms with E-state index in [2.05, 4.69) is 10.6 Å². The molecule has 6 heteroatoms. The van der Waals surface area contributed by atoms with Crippen LogP contribution in [0, 0.1) is 6.92 Å². The van der Waals surface area contributed by atoms with Gasteiger partial charge in [0.15, 0.2) is 0 Å². The number of urea groups is 1. The van der Waals surface area contributed by atoms with Gasteiger partial charge in [-0.05, 0) is 30.7 Å². The molecule has 1 rings (SSSR count). The number of carbonyl (C=O) groups excluding carboxylic acids is 1. The fourth-order valence-corrected chi connectivity index (χ4v) is 1.29. The number of benzene rings is 1. The van der Waals surface area contributed by atoms with Gasteiger partial charge in [0, 0.05) is 5.69 Å². The summed E-state index contributed by atoms with van der Waals surface area (Å²) in [6.07, 6.45) is 0. The standard InChI is InChI=1S/C11H14N2O4/c1-7-5-8(3-4-9(7)17-2)13-11(16)12-6-10(14)15/h3-5H,6H2,1-2H3,(H,14,15)(H2,12,13,16). The Morgan fingerprint density at radius 3 is 2.65 bits per heavy atom. The Balaban J connectivity index is 2.60. The molecular weight excluding hydrogens is 224 g/mol. The Kier molecular flexibility index (Phi) is 4.33. The third-order valence-corrected chi connectivity index (χ3v) is 2.05. The molecule has 0 bridgehead atoms. The second kappa shape index (κ2) is 5.74. The molecule has 0 saturated heterocycles. The number of anilines is 1. The van der Waals surface area contributed by atoms with Crippen LogP contribution in [0.25, 0.3) is 0 Å². The Labute approximate surface area is 98.6 Å². The highest BCUT2D eigenvalue weighted by atomic mass is 16.5. The van der Waals surface area contributed by atoms with E-state index in [4.69, 9.17) is 9.84 Å². The molecule has 92 valence electrons. The third kappa shape index (κ3) is 4.02. The second-order valence-electron chi connectivity index (χ2n) is 3.39. The summed E-state index contributed by atoms with van der Waals surface area (Å²) in [7, 11) is 1.56. The van der Waals surface area contributed by atoms with Gasteiger partial charge in [0.05, 0.1) is 7.11 Å². The van der Waals surface area contributed by atoms with Crippen LogP contribution in [0.1, 0.15) is 5.56 Å². The van der Waals surface area contributed by atoms with Crippen LogP contribution in [0.5, 0.6) is 5.75 Å². The van der Waals surface area contributed by atoms with Crippen molar-refractivity contribution in [3.8, 4) is 5.75 Å². The van der Waals surface area contributed by atoms with Crippen molar-refractivity contribution in [1.82, 2.24) is 5.32 Å². The number of carboxylic acid groups (broad SMARTS) is 1. The zero-order valence-electron chi connectivity index (χ0n) is 9.61. The molecule has 0 fully saturated rings. The minimum Gasteiger partial charge on any atom is -0.496 e. The van der Waals surface area contributed by atoms with Crippen LogP contribution >= 0.6 is 0 Å². The van der Waals surface area contributed by atoms with Crippen molar-refractivity contribution in [2.75, 3.05) is 19.0 Å². The topological polar surface area (TPSA) is 87.7 Å². The molecule has 17 heavy (non-hydrogen) atoms. The van der Waals surface area contributed by atoms with Gasteiger partial charge in [-0.1, -0.05) is 0 Å². The fraction of sp³-hybridized carbons (Fsp3) is 0.273. The van der Waals surface area contributed by atoms with Crippen LogP contribution in [0.2, 0.25) is 0 Å². The lowest BCUT2D eigenvalue weighted by atomic mass is 10.2. The van der Waals surface area contributed by atoms with Crippen molar-refractivity contribution >= 4 is 17.7 Å². The number of hydrogen-bond acceptors (Lipinski definition) is 3. The number of ether oxygens (including phenoxy) is 1. The fourth-order valence-electron chi connectivity index (χ4n) is 1.29. The van der Waals surface area contributed by atoms with Gasteiger partial charge in [0.2, 0.25) is 0 Å². The number of nitrogens with one attached hydrogen (secondary N) is 2. The molecule has 0 radical (unpaired) electrons. The first-order valence-corrected chi connectivity index (χ1v) is 4.94. The summed E-state index contributed by atoms with van der Waals surface area (Å²) in [5, 5.41) is 13.1. The highest BCUT2D eigenvalue weighted by Gasteiger charge is 2.05. The molecule has 0 aromatic heterocycles. The number of aryl methyl sites for hydroxylation is 1. The molecule has 0 aliphatic carbocycles. The van der Waals surface area contributed by atoms with Crippen molar-refractivity contribution < 1.29 is 19.4 Å². The molecule has 0 spiro atoms. The van der Waals surface area contributed by atoms with Gasteiger partial charge in [-0.2, -0.15) is 0 Å². The van der Waals surface area contributed by atoms with Crippen molar-refractivity contribution in [1.29, 1.82) is 0 Å². The number of amides is 2. The van der Waals surface area contributed by atoms with Crippen LogP contribution < -0.4 is 15.4 Å². The average Bonchev–Trinajstić information content (AvgIpc) is 2.26. The third-order valence-electron chi connectivity index (χ3n) is 2.05. The number of aliphatic carboxylic acids is 1. The van der Waals surface area contributed by atoms with Crippen molar-refractivity contribution in [2.24, 2.45) is 0 Å². The van der Waals surface area contributed by atoms with E-state index in [1.807, 2.05) is 6.92 Å². The second-order valence-corrected chi connectivity index (χ2v) is 3.39. The largest absolute Gasteiger partial charge is 0.496 e. The number of hydrogen-bond donors (Lipinski definition) is 3. The summed E-state index contributed by atoms with van der Waals surface area (Å²) in [6.45, 7) is 1.43. The predicted octanol–water partition coefficient (Wildman–Crippen LogP) is 1.21. The van der Waals surface area contributed by atoms with Gasteiger partial charge in [0.25, 0.3) is 0 Å². The maximum absolute atomic E-state index is 11.3. The van der Waals surface area contributed by atoms with Crippen molar-refractivity contribution in [3.63, 3.8) is 0 Å². The monoisotopic (exact) mass is 238 g/mol. The first-order chi connectivity index (χ1) is 8.02. The smallest absolute Gasteiger partial charge is 0.323 e. The van der Waals surface area contributed by atoms with Crippen molar-refractivity contribution in [2.45, 2.75) is 6.92 Å². The molecule has 0 heterocycles. The molecule has 1 aromatic rings. The summed E-state index contributed by atoms with van der Waals surface area (Å²) in [6, 6.07) is 4.57. The molecular formula is C11H14N2O4. The number of rotatable bonds is 4. The van der Waals surface area contributed by atoms with Crippen LogP contribution in [0.15, 0.2) is 18.2 Å². The Morgan fingerprint density at radius 1 is 1.41 bits per heavy atom. The van der Waals surface area contributed by atoms with E-state index in [9.17, 15) is 9.59 Å². The average molecular weight is 238 g/mol. The molecule has 0 saturated carbocycles. The van der Waals surface area contributed by atoms with E-state index in [1.165, 1.54) is 0 Å². The predicted molar refractivity (Wildman–Crippen MR) is 62.4 cm³/mol. The normalized spacial score (nSPS) is 9.53. The zero-order chi connectivity index (χ0) is 12.8. The highest BCUT2D eigenvalue weighted by Crippen LogP contribution is 2.21. The lowest BCUT2D eigenvalue weighted by Gasteiger charge is -2.09. The quantitative estimate of drug-likeness (QED) is 0.735. The van der Waals surface area contributed by atoms with E-state index < -0.39 is 18.5 Å². The van der Waals surface area contributed by atoms with Gasteiger partial charge >= 0.3 is 12.0 Å². The number of carbonyl (C=O) groups is 2. The van der Waals surface area contributed by atoms with E-state index in [-0.39, 0.29) is 0 Å². The highest BCUT2D eigenvalue weighted by molar-refractivity contribution is 5.91. The maximum Gasteiger partial charge on any atom is 0.323 e. The summed E-state index contributed by atoms with van der Waals surface area (Å²) in [5.41, 5.74) is 1.45. The van der Waals surface area contributed by atoms with Gasteiger partial charge in [-0.15, -0.1) is 0 Å². The minimum atomic E-state index is -1.09. The van der Waals surface area contributed by atoms with E-state index >= 15 is 0 Å². The Morgan fingerprint density at radius 2 is 2.12 bits per heavy atom. The summed E-state index contributed by atoms with van der Waals surface area (Å²) < 4.78 is 5.08. The summed E-state index contributed by atoms with van der Waals surface area (Å²) in [5.74, 6) is -0.368. The molecule has 0 atom stereocenters. The molecule has 0 unspecified atom stereocenters. The maximum atomic E-state index is 11.3. The Bertz CT molecular complexity index is 431. The van der Waals surface area contributed by atoms with Gasteiger partial charge < -0.3 is 20.5 Å². The summed E-state index contributed by atoms with van der Waals surface area (Å²) >= 11 is 0. The zero-order valence-corrected chi connectivity index (χ0v) is 9.61. The van der Waals surface area contributed by atoms with Gasteiger partial charge in [0.1, 0.15) is 12.3 Å². The Hall–Kier alpha value is -2.24. The van der Waals surface area contributed by atoms with E-state index in [0.717, 1.165) is 11.3 Å². The number of carboxylic acids is 1. The minimum absolute atomic E-state index is 0.416. The van der Waals surface area contributed by atoms with Gasteiger partial charge in [-0.25, -0.2) is 4.79 Å².